The summed E-state index contributed by atoms with van der Waals surface area (Å²) in [5, 5.41) is 4.16. The quantitative estimate of drug-likeness (QED) is 0.316. The number of aryl methyl sites for hydroxylation is 1. The van der Waals surface area contributed by atoms with E-state index >= 15 is 0 Å². The first kappa shape index (κ1) is 23.4. The number of aromatic nitrogens is 3. The summed E-state index contributed by atoms with van der Waals surface area (Å²) in [7, 11) is 0. The van der Waals surface area contributed by atoms with Crippen LogP contribution in [0.5, 0.6) is 5.88 Å². The van der Waals surface area contributed by atoms with Crippen LogP contribution in [-0.2, 0) is 0 Å². The van der Waals surface area contributed by atoms with Gasteiger partial charge in [-0.2, -0.15) is 13.2 Å². The second kappa shape index (κ2) is 9.26. The van der Waals surface area contributed by atoms with E-state index in [0.717, 1.165) is 10.5 Å². The van der Waals surface area contributed by atoms with E-state index in [9.17, 15) is 18.0 Å². The molecule has 1 fully saturated rings. The first-order valence-corrected chi connectivity index (χ1v) is 11.3. The highest BCUT2D eigenvalue weighted by molar-refractivity contribution is 7.98. The Hall–Kier alpha value is -2.72. The summed E-state index contributed by atoms with van der Waals surface area (Å²) in [6.07, 6.45) is -2.47. The van der Waals surface area contributed by atoms with Crippen molar-refractivity contribution in [2.45, 2.75) is 37.3 Å². The van der Waals surface area contributed by atoms with Crippen LogP contribution < -0.4 is 9.46 Å². The normalized spacial score (nSPS) is 14.7. The third-order valence-electron chi connectivity index (χ3n) is 5.45. The lowest BCUT2D eigenvalue weighted by Crippen LogP contribution is -2.26. The Balaban J connectivity index is 1.34. The Morgan fingerprint density at radius 3 is 2.58 bits per heavy atom. The highest BCUT2D eigenvalue weighted by Gasteiger charge is 2.62. The lowest BCUT2D eigenvalue weighted by Gasteiger charge is -2.18. The molecule has 0 unspecified atom stereocenters. The zero-order valence-electron chi connectivity index (χ0n) is 17.5. The molecule has 0 atom stereocenters. The predicted octanol–water partition coefficient (Wildman–Crippen LogP) is 5.78. The molecule has 6 nitrogen and oxygen atoms in total. The van der Waals surface area contributed by atoms with Crippen LogP contribution in [-0.4, -0.2) is 33.5 Å². The number of rotatable bonds is 8. The molecule has 1 N–H and O–H groups in total. The number of carbonyl (C=O) groups excluding carboxylic acids is 1. The molecule has 0 saturated heterocycles. The highest BCUT2D eigenvalue weighted by Crippen LogP contribution is 2.59. The van der Waals surface area contributed by atoms with Crippen molar-refractivity contribution in [3.05, 3.63) is 64.9 Å². The maximum Gasteiger partial charge on any atom is 0.394 e. The van der Waals surface area contributed by atoms with Crippen LogP contribution in [0.15, 0.2) is 53.6 Å². The van der Waals surface area contributed by atoms with Gasteiger partial charge >= 0.3 is 6.18 Å². The van der Waals surface area contributed by atoms with Crippen LogP contribution in [0.4, 0.5) is 13.2 Å². The lowest BCUT2D eigenvalue weighted by atomic mass is 10.0. The summed E-state index contributed by atoms with van der Waals surface area (Å²) in [4.78, 5) is 17.5. The number of benzene rings is 1. The van der Waals surface area contributed by atoms with E-state index in [4.69, 9.17) is 16.3 Å². The molecule has 174 valence electrons. The summed E-state index contributed by atoms with van der Waals surface area (Å²) in [5.74, 6) is 0.126. The number of pyridine rings is 1. The molecule has 1 aliphatic rings. The molecule has 1 saturated carbocycles. The van der Waals surface area contributed by atoms with Crippen molar-refractivity contribution in [3.8, 4) is 11.7 Å². The molecule has 1 aliphatic carbocycles. The second-order valence-corrected chi connectivity index (χ2v) is 9.07. The molecule has 4 rings (SSSR count). The van der Waals surface area contributed by atoms with Gasteiger partial charge in [-0.1, -0.05) is 29.3 Å². The fraction of sp³-hybridized carbons (Fsp3) is 0.318. The van der Waals surface area contributed by atoms with E-state index in [-0.39, 0.29) is 42.5 Å². The van der Waals surface area contributed by atoms with E-state index in [1.165, 1.54) is 28.8 Å². The maximum absolute atomic E-state index is 13.0. The molecule has 0 radical (unpaired) electrons. The van der Waals surface area contributed by atoms with Crippen molar-refractivity contribution in [3.63, 3.8) is 0 Å². The van der Waals surface area contributed by atoms with Gasteiger partial charge in [-0.15, -0.1) is 5.10 Å². The molecule has 1 aromatic carbocycles. The molecular weight excluding hydrogens is 477 g/mol. The van der Waals surface area contributed by atoms with Gasteiger partial charge in [-0.25, -0.2) is 9.67 Å². The average Bonchev–Trinajstić information content (AvgIpc) is 3.43. The largest absolute Gasteiger partial charge is 0.477 e. The number of hydrogen-bond donors (Lipinski definition) is 1. The van der Waals surface area contributed by atoms with Crippen LogP contribution in [0.2, 0.25) is 5.15 Å². The Morgan fingerprint density at radius 1 is 1.21 bits per heavy atom. The molecule has 1 amide bonds. The molecule has 2 aromatic heterocycles. The summed E-state index contributed by atoms with van der Waals surface area (Å²) in [5.41, 5.74) is -0.293. The second-order valence-electron chi connectivity index (χ2n) is 7.83. The highest BCUT2D eigenvalue weighted by atomic mass is 35.5. The molecule has 0 aliphatic heterocycles. The number of carbonyl (C=O) groups is 1. The van der Waals surface area contributed by atoms with Crippen molar-refractivity contribution in [1.29, 1.82) is 0 Å². The average molecular weight is 497 g/mol. The number of nitrogens with one attached hydrogen (secondary N) is 1. The Labute approximate surface area is 197 Å². The maximum atomic E-state index is 13.0. The summed E-state index contributed by atoms with van der Waals surface area (Å²) < 4.78 is 48.5. The van der Waals surface area contributed by atoms with Crippen molar-refractivity contribution in [2.75, 3.05) is 6.61 Å². The number of ether oxygens (including phenoxy) is 1. The van der Waals surface area contributed by atoms with Gasteiger partial charge in [-0.3, -0.25) is 9.52 Å². The van der Waals surface area contributed by atoms with Crippen molar-refractivity contribution in [2.24, 2.45) is 5.41 Å². The minimum Gasteiger partial charge on any atom is -0.477 e. The first-order chi connectivity index (χ1) is 15.7. The molecule has 11 heteroatoms. The zero-order chi connectivity index (χ0) is 23.6. The lowest BCUT2D eigenvalue weighted by molar-refractivity contribution is -0.190. The monoisotopic (exact) mass is 496 g/mol. The van der Waals surface area contributed by atoms with Crippen molar-refractivity contribution < 1.29 is 22.7 Å². The molecular formula is C22H20ClF3N4O2S. The fourth-order valence-electron chi connectivity index (χ4n) is 3.18. The Bertz CT molecular complexity index is 1150. The molecule has 3 aromatic rings. The third kappa shape index (κ3) is 5.44. The van der Waals surface area contributed by atoms with Gasteiger partial charge in [0.1, 0.15) is 5.15 Å². The van der Waals surface area contributed by atoms with Crippen LogP contribution in [0, 0.1) is 12.3 Å². The fourth-order valence-corrected chi connectivity index (χ4v) is 4.01. The minimum atomic E-state index is -4.21. The van der Waals surface area contributed by atoms with E-state index in [1.807, 2.05) is 31.2 Å². The molecule has 0 spiro atoms. The standard InChI is InChI=1S/C22H20ClF3N4O2S/c1-14-2-4-15(5-3-14)33-29-20(31)16-6-7-17(27-19(16)23)30-12-8-18(28-30)32-13-11-21(9-10-21)22(24,25)26/h2-8,12H,9-11,13H2,1H3,(H,29,31). The van der Waals surface area contributed by atoms with Crippen LogP contribution in [0.3, 0.4) is 0 Å². The van der Waals surface area contributed by atoms with E-state index in [1.54, 1.807) is 12.3 Å². The number of alkyl halides is 3. The summed E-state index contributed by atoms with van der Waals surface area (Å²) >= 11 is 7.38. The van der Waals surface area contributed by atoms with Gasteiger partial charge in [0.2, 0.25) is 5.88 Å². The molecule has 0 bridgehead atoms. The third-order valence-corrected chi connectivity index (χ3v) is 6.53. The van der Waals surface area contributed by atoms with Gasteiger partial charge in [0, 0.05) is 17.2 Å². The Kier molecular flexibility index (Phi) is 6.58. The first-order valence-electron chi connectivity index (χ1n) is 10.1. The van der Waals surface area contributed by atoms with Crippen LogP contribution in [0.1, 0.15) is 35.2 Å². The van der Waals surface area contributed by atoms with E-state index in [0.29, 0.717) is 5.82 Å². The predicted molar refractivity (Wildman–Crippen MR) is 119 cm³/mol. The van der Waals surface area contributed by atoms with Gasteiger partial charge in [0.15, 0.2) is 5.82 Å². The summed E-state index contributed by atoms with van der Waals surface area (Å²) in [6.45, 7) is 1.90. The van der Waals surface area contributed by atoms with Gasteiger partial charge in [-0.05, 0) is 62.4 Å². The summed E-state index contributed by atoms with van der Waals surface area (Å²) in [6, 6.07) is 12.3. The van der Waals surface area contributed by atoms with Gasteiger partial charge in [0.05, 0.1) is 17.6 Å². The topological polar surface area (TPSA) is 69.0 Å². The Morgan fingerprint density at radius 2 is 1.94 bits per heavy atom. The van der Waals surface area contributed by atoms with E-state index < -0.39 is 17.5 Å². The van der Waals surface area contributed by atoms with Crippen molar-refractivity contribution >= 4 is 29.5 Å². The van der Waals surface area contributed by atoms with Gasteiger partial charge < -0.3 is 4.74 Å². The van der Waals surface area contributed by atoms with Crippen LogP contribution in [0.25, 0.3) is 5.82 Å². The van der Waals surface area contributed by atoms with Gasteiger partial charge in [0.25, 0.3) is 5.91 Å². The van der Waals surface area contributed by atoms with E-state index in [2.05, 4.69) is 14.8 Å². The SMILES string of the molecule is Cc1ccc(SNC(=O)c2ccc(-n3ccc(OCCC4(C(F)(F)F)CC4)n3)nc2Cl)cc1. The molecule has 2 heterocycles. The minimum absolute atomic E-state index is 0.00618. The number of amides is 1. The smallest absolute Gasteiger partial charge is 0.394 e. The van der Waals surface area contributed by atoms with Crippen molar-refractivity contribution in [1.82, 2.24) is 19.5 Å². The molecule has 33 heavy (non-hydrogen) atoms. The number of halogens is 4. The van der Waals surface area contributed by atoms with Crippen LogP contribution >= 0.6 is 23.5 Å². The number of nitrogens with zero attached hydrogens (tertiary/aromatic N) is 3. The number of hydrogen-bond acceptors (Lipinski definition) is 5. The zero-order valence-corrected chi connectivity index (χ0v) is 19.1.